The Morgan fingerprint density at radius 2 is 1.68 bits per heavy atom. The van der Waals surface area contributed by atoms with Gasteiger partial charge in [-0.2, -0.15) is 0 Å². The number of primary amides is 1. The molecule has 0 aliphatic rings. The number of hydrogen-bond donors (Lipinski definition) is 1. The zero-order valence-electron chi connectivity index (χ0n) is 14.8. The second-order valence-corrected chi connectivity index (χ2v) is 8.40. The van der Waals surface area contributed by atoms with Crippen LogP contribution in [-0.2, 0) is 16.4 Å². The normalized spacial score (nSPS) is 11.5. The lowest BCUT2D eigenvalue weighted by Crippen LogP contribution is -2.29. The summed E-state index contributed by atoms with van der Waals surface area (Å²) < 4.78 is 26.8. The number of nitrogens with zero attached hydrogens (tertiary/aromatic N) is 1. The summed E-state index contributed by atoms with van der Waals surface area (Å²) >= 11 is 0. The van der Waals surface area contributed by atoms with Gasteiger partial charge in [-0.3, -0.25) is 9.10 Å². The molecule has 2 rings (SSSR count). The van der Waals surface area contributed by atoms with Crippen LogP contribution >= 0.6 is 0 Å². The third-order valence-corrected chi connectivity index (χ3v) is 5.89. The van der Waals surface area contributed by atoms with Gasteiger partial charge in [-0.15, -0.1) is 0 Å². The Balaban J connectivity index is 2.31. The van der Waals surface area contributed by atoms with Gasteiger partial charge in [0.1, 0.15) is 0 Å². The van der Waals surface area contributed by atoms with Crippen LogP contribution in [0, 0.1) is 5.92 Å². The molecule has 0 aromatic heterocycles. The number of benzene rings is 2. The van der Waals surface area contributed by atoms with Gasteiger partial charge in [-0.1, -0.05) is 38.1 Å². The molecule has 0 fully saturated rings. The van der Waals surface area contributed by atoms with Crippen molar-refractivity contribution in [2.45, 2.75) is 31.6 Å². The summed E-state index contributed by atoms with van der Waals surface area (Å²) in [4.78, 5) is 11.7. The summed E-state index contributed by atoms with van der Waals surface area (Å²) in [6.45, 7) is 4.31. The van der Waals surface area contributed by atoms with Crippen LogP contribution in [0.3, 0.4) is 0 Å². The van der Waals surface area contributed by atoms with Crippen LogP contribution < -0.4 is 10.0 Å². The highest BCUT2D eigenvalue weighted by atomic mass is 32.2. The molecule has 2 N–H and O–H groups in total. The van der Waals surface area contributed by atoms with E-state index in [0.717, 1.165) is 22.7 Å². The van der Waals surface area contributed by atoms with Gasteiger partial charge in [0.05, 0.1) is 16.1 Å². The predicted molar refractivity (Wildman–Crippen MR) is 100 cm³/mol. The van der Waals surface area contributed by atoms with Crippen LogP contribution in [-0.4, -0.2) is 21.4 Å². The van der Waals surface area contributed by atoms with Crippen LogP contribution in [0.2, 0.25) is 0 Å². The first kappa shape index (κ1) is 19.0. The van der Waals surface area contributed by atoms with Crippen molar-refractivity contribution >= 4 is 21.6 Å². The molecule has 0 bridgehead atoms. The average molecular weight is 360 g/mol. The van der Waals surface area contributed by atoms with Gasteiger partial charge in [-0.05, 0) is 48.6 Å². The summed E-state index contributed by atoms with van der Waals surface area (Å²) in [7, 11) is -2.35. The summed E-state index contributed by atoms with van der Waals surface area (Å²) in [5, 5.41) is 0. The van der Waals surface area contributed by atoms with E-state index in [9.17, 15) is 13.2 Å². The molecule has 0 atom stereocenters. The molecule has 0 unspecified atom stereocenters. The molecule has 0 spiro atoms. The fraction of sp³-hybridized carbons (Fsp3) is 0.316. The molecule has 25 heavy (non-hydrogen) atoms. The fourth-order valence-electron chi connectivity index (χ4n) is 2.53. The van der Waals surface area contributed by atoms with Gasteiger partial charge in [0.25, 0.3) is 15.9 Å². The summed E-state index contributed by atoms with van der Waals surface area (Å²) in [5.74, 6) is -0.0680. The van der Waals surface area contributed by atoms with E-state index in [-0.39, 0.29) is 16.1 Å². The van der Waals surface area contributed by atoms with E-state index in [1.54, 1.807) is 30.3 Å². The molecule has 5 nitrogen and oxygen atoms in total. The van der Waals surface area contributed by atoms with Crippen molar-refractivity contribution in [1.29, 1.82) is 0 Å². The zero-order chi connectivity index (χ0) is 18.6. The SMILES string of the molecule is CC(C)CCc1ccc(S(=O)(=O)N(C)c2ccccc2C(N)=O)cc1. The van der Waals surface area contributed by atoms with Crippen LogP contribution in [0.25, 0.3) is 0 Å². The first-order valence-electron chi connectivity index (χ1n) is 8.20. The van der Waals surface area contributed by atoms with E-state index in [0.29, 0.717) is 5.92 Å². The number of nitrogens with two attached hydrogens (primary N) is 1. The predicted octanol–water partition coefficient (Wildman–Crippen LogP) is 3.20. The molecule has 0 saturated heterocycles. The van der Waals surface area contributed by atoms with Gasteiger partial charge in [-0.25, -0.2) is 8.42 Å². The maximum Gasteiger partial charge on any atom is 0.264 e. The Labute approximate surface area is 149 Å². The van der Waals surface area contributed by atoms with Crippen molar-refractivity contribution in [2.75, 3.05) is 11.4 Å². The molecule has 134 valence electrons. The van der Waals surface area contributed by atoms with Gasteiger partial charge in [0.15, 0.2) is 0 Å². The molecule has 0 aliphatic heterocycles. The number of carbonyl (C=O) groups is 1. The number of anilines is 1. The smallest absolute Gasteiger partial charge is 0.264 e. The molecular weight excluding hydrogens is 336 g/mol. The summed E-state index contributed by atoms with van der Waals surface area (Å²) in [6, 6.07) is 13.3. The Morgan fingerprint density at radius 3 is 2.24 bits per heavy atom. The Kier molecular flexibility index (Phi) is 5.85. The molecule has 2 aromatic carbocycles. The molecule has 0 saturated carbocycles. The number of sulfonamides is 1. The molecule has 0 radical (unpaired) electrons. The molecule has 0 aliphatic carbocycles. The first-order chi connectivity index (χ1) is 11.7. The van der Waals surface area contributed by atoms with E-state index in [2.05, 4.69) is 13.8 Å². The first-order valence-corrected chi connectivity index (χ1v) is 9.64. The highest BCUT2D eigenvalue weighted by Gasteiger charge is 2.24. The van der Waals surface area contributed by atoms with Crippen LogP contribution in [0.5, 0.6) is 0 Å². The van der Waals surface area contributed by atoms with Gasteiger partial charge >= 0.3 is 0 Å². The summed E-state index contributed by atoms with van der Waals surface area (Å²) in [6.07, 6.45) is 1.97. The maximum absolute atomic E-state index is 12.9. The van der Waals surface area contributed by atoms with Crippen LogP contribution in [0.4, 0.5) is 5.69 Å². The van der Waals surface area contributed by atoms with Crippen LogP contribution in [0.1, 0.15) is 36.2 Å². The highest BCUT2D eigenvalue weighted by Crippen LogP contribution is 2.25. The Morgan fingerprint density at radius 1 is 1.08 bits per heavy atom. The number of para-hydroxylation sites is 1. The highest BCUT2D eigenvalue weighted by molar-refractivity contribution is 7.92. The third kappa shape index (κ3) is 4.39. The third-order valence-electron chi connectivity index (χ3n) is 4.10. The number of aryl methyl sites for hydroxylation is 1. The number of amides is 1. The zero-order valence-corrected chi connectivity index (χ0v) is 15.6. The number of carbonyl (C=O) groups excluding carboxylic acids is 1. The fourth-order valence-corrected chi connectivity index (χ4v) is 3.74. The minimum absolute atomic E-state index is 0.169. The van der Waals surface area contributed by atoms with Gasteiger partial charge < -0.3 is 5.73 Å². The van der Waals surface area contributed by atoms with Crippen molar-refractivity contribution < 1.29 is 13.2 Å². The largest absolute Gasteiger partial charge is 0.366 e. The molecule has 1 amide bonds. The van der Waals surface area contributed by atoms with Crippen molar-refractivity contribution in [1.82, 2.24) is 0 Å². The summed E-state index contributed by atoms with van der Waals surface area (Å²) in [5.41, 5.74) is 6.89. The van der Waals surface area contributed by atoms with E-state index in [1.165, 1.54) is 13.1 Å². The van der Waals surface area contributed by atoms with Crippen molar-refractivity contribution in [3.8, 4) is 0 Å². The standard InChI is InChI=1S/C19H24N2O3S/c1-14(2)8-9-15-10-12-16(13-11-15)25(23,24)21(3)18-7-5-4-6-17(18)19(20)22/h4-7,10-14H,8-9H2,1-3H3,(H2,20,22). The Bertz CT molecular complexity index is 843. The van der Waals surface area contributed by atoms with Crippen molar-refractivity contribution in [3.05, 3.63) is 59.7 Å². The lowest BCUT2D eigenvalue weighted by atomic mass is 10.0. The van der Waals surface area contributed by atoms with Crippen LogP contribution in [0.15, 0.2) is 53.4 Å². The van der Waals surface area contributed by atoms with Crippen molar-refractivity contribution in [2.24, 2.45) is 11.7 Å². The maximum atomic E-state index is 12.9. The molecule has 0 heterocycles. The monoisotopic (exact) mass is 360 g/mol. The lowest BCUT2D eigenvalue weighted by Gasteiger charge is -2.21. The van der Waals surface area contributed by atoms with E-state index >= 15 is 0 Å². The average Bonchev–Trinajstić information content (AvgIpc) is 2.59. The quantitative estimate of drug-likeness (QED) is 0.823. The number of rotatable bonds is 7. The van der Waals surface area contributed by atoms with E-state index in [4.69, 9.17) is 5.73 Å². The van der Waals surface area contributed by atoms with Crippen molar-refractivity contribution in [3.63, 3.8) is 0 Å². The molecule has 6 heteroatoms. The van der Waals surface area contributed by atoms with E-state index in [1.807, 2.05) is 12.1 Å². The lowest BCUT2D eigenvalue weighted by molar-refractivity contribution is 0.100. The minimum atomic E-state index is -3.77. The second kappa shape index (κ2) is 7.70. The van der Waals surface area contributed by atoms with E-state index < -0.39 is 15.9 Å². The minimum Gasteiger partial charge on any atom is -0.366 e. The molecule has 2 aromatic rings. The second-order valence-electron chi connectivity index (χ2n) is 6.43. The Hall–Kier alpha value is -2.34. The number of hydrogen-bond acceptors (Lipinski definition) is 3. The topological polar surface area (TPSA) is 80.5 Å². The van der Waals surface area contributed by atoms with Gasteiger partial charge in [0.2, 0.25) is 0 Å². The van der Waals surface area contributed by atoms with Gasteiger partial charge in [0, 0.05) is 7.05 Å². The molecular formula is C19H24N2O3S.